The highest BCUT2D eigenvalue weighted by Gasteiger charge is 2.02. The second-order valence-corrected chi connectivity index (χ2v) is 4.89. The number of carbonyl (C=O) groups excluding carboxylic acids is 1. The Kier molecular flexibility index (Phi) is 6.36. The van der Waals surface area contributed by atoms with E-state index in [4.69, 9.17) is 16.3 Å². The minimum Gasteiger partial charge on any atom is -0.493 e. The number of ether oxygens (including phenoxy) is 1. The van der Waals surface area contributed by atoms with Crippen molar-refractivity contribution in [2.75, 3.05) is 6.61 Å². The van der Waals surface area contributed by atoms with Gasteiger partial charge in [0.2, 0.25) is 5.91 Å². The predicted molar refractivity (Wildman–Crippen MR) is 77.8 cm³/mol. The summed E-state index contributed by atoms with van der Waals surface area (Å²) in [5.74, 6) is 0.699. The fourth-order valence-corrected chi connectivity index (χ4v) is 1.65. The van der Waals surface area contributed by atoms with Crippen molar-refractivity contribution >= 4 is 23.2 Å². The van der Waals surface area contributed by atoms with E-state index in [0.29, 0.717) is 24.5 Å². The van der Waals surface area contributed by atoms with Gasteiger partial charge >= 0.3 is 0 Å². The minimum absolute atomic E-state index is 0.0994. The highest BCUT2D eigenvalue weighted by molar-refractivity contribution is 6.30. The first-order valence-corrected chi connectivity index (χ1v) is 6.55. The number of nitrogens with one attached hydrogen (secondary N) is 1. The summed E-state index contributed by atoms with van der Waals surface area (Å²) in [5, 5.41) is 4.54. The number of nitrogens with zero attached hydrogens (tertiary/aromatic N) is 1. The lowest BCUT2D eigenvalue weighted by atomic mass is 10.2. The van der Waals surface area contributed by atoms with Crippen molar-refractivity contribution in [2.24, 2.45) is 5.10 Å². The van der Waals surface area contributed by atoms with Crippen molar-refractivity contribution in [3.63, 3.8) is 0 Å². The SMILES string of the molecule is CC(C)=NNC(=O)CCCOc1ccc(Cl)cc1C. The maximum atomic E-state index is 11.4. The Morgan fingerprint density at radius 3 is 2.79 bits per heavy atom. The van der Waals surface area contributed by atoms with Gasteiger partial charge in [0.05, 0.1) is 6.61 Å². The molecule has 0 saturated heterocycles. The van der Waals surface area contributed by atoms with Gasteiger partial charge in [0.25, 0.3) is 0 Å². The van der Waals surface area contributed by atoms with E-state index in [-0.39, 0.29) is 5.91 Å². The summed E-state index contributed by atoms with van der Waals surface area (Å²) < 4.78 is 5.59. The van der Waals surface area contributed by atoms with Gasteiger partial charge in [-0.25, -0.2) is 5.43 Å². The standard InChI is InChI=1S/C14H19ClN2O2/c1-10(2)16-17-14(18)5-4-8-19-13-7-6-12(15)9-11(13)3/h6-7,9H,4-5,8H2,1-3H3,(H,17,18). The van der Waals surface area contributed by atoms with Crippen LogP contribution in [0.15, 0.2) is 23.3 Å². The zero-order chi connectivity index (χ0) is 14.3. The van der Waals surface area contributed by atoms with Crippen molar-refractivity contribution in [3.05, 3.63) is 28.8 Å². The van der Waals surface area contributed by atoms with Crippen LogP contribution in [0.1, 0.15) is 32.3 Å². The number of hydrogen-bond acceptors (Lipinski definition) is 3. The molecular formula is C14H19ClN2O2. The summed E-state index contributed by atoms with van der Waals surface area (Å²) in [6.07, 6.45) is 1.04. The van der Waals surface area contributed by atoms with E-state index in [1.165, 1.54) is 0 Å². The van der Waals surface area contributed by atoms with E-state index in [1.807, 2.05) is 32.9 Å². The van der Waals surface area contributed by atoms with Crippen molar-refractivity contribution < 1.29 is 9.53 Å². The molecule has 0 aromatic heterocycles. The van der Waals surface area contributed by atoms with Crippen LogP contribution in [-0.4, -0.2) is 18.2 Å². The summed E-state index contributed by atoms with van der Waals surface area (Å²) in [4.78, 5) is 11.4. The molecule has 104 valence electrons. The first-order valence-electron chi connectivity index (χ1n) is 6.17. The number of halogens is 1. The molecule has 1 amide bonds. The lowest BCUT2D eigenvalue weighted by Crippen LogP contribution is -2.18. The number of rotatable bonds is 6. The average molecular weight is 283 g/mol. The van der Waals surface area contributed by atoms with Crippen LogP contribution >= 0.6 is 11.6 Å². The molecule has 0 unspecified atom stereocenters. The van der Waals surface area contributed by atoms with Crippen LogP contribution in [0.5, 0.6) is 5.75 Å². The summed E-state index contributed by atoms with van der Waals surface area (Å²) in [5.41, 5.74) is 4.29. The first kappa shape index (κ1) is 15.5. The molecule has 0 saturated carbocycles. The smallest absolute Gasteiger partial charge is 0.240 e. The number of amides is 1. The molecule has 1 aromatic carbocycles. The molecule has 0 aliphatic carbocycles. The Balaban J connectivity index is 2.27. The molecule has 0 radical (unpaired) electrons. The Morgan fingerprint density at radius 2 is 2.16 bits per heavy atom. The molecule has 0 fully saturated rings. The van der Waals surface area contributed by atoms with Gasteiger partial charge in [-0.05, 0) is 51.0 Å². The molecule has 0 bridgehead atoms. The van der Waals surface area contributed by atoms with Crippen LogP contribution in [0, 0.1) is 6.92 Å². The quantitative estimate of drug-likeness (QED) is 0.494. The normalized spacial score (nSPS) is 9.89. The first-order chi connectivity index (χ1) is 8.99. The van der Waals surface area contributed by atoms with Crippen LogP contribution in [0.4, 0.5) is 0 Å². The van der Waals surface area contributed by atoms with Crippen LogP contribution < -0.4 is 10.2 Å². The van der Waals surface area contributed by atoms with Gasteiger partial charge in [-0.15, -0.1) is 0 Å². The van der Waals surface area contributed by atoms with E-state index in [2.05, 4.69) is 10.5 Å². The molecule has 1 N–H and O–H groups in total. The van der Waals surface area contributed by atoms with E-state index < -0.39 is 0 Å². The number of carbonyl (C=O) groups is 1. The summed E-state index contributed by atoms with van der Waals surface area (Å²) in [6, 6.07) is 5.47. The highest BCUT2D eigenvalue weighted by Crippen LogP contribution is 2.21. The van der Waals surface area contributed by atoms with Gasteiger partial charge in [0, 0.05) is 17.2 Å². The Bertz CT molecular complexity index is 469. The topological polar surface area (TPSA) is 50.7 Å². The molecule has 1 aromatic rings. The van der Waals surface area contributed by atoms with Gasteiger partial charge < -0.3 is 4.74 Å². The Hall–Kier alpha value is -1.55. The molecule has 4 nitrogen and oxygen atoms in total. The zero-order valence-corrected chi connectivity index (χ0v) is 12.3. The average Bonchev–Trinajstić information content (AvgIpc) is 2.34. The molecule has 0 atom stereocenters. The van der Waals surface area contributed by atoms with Crippen LogP contribution in [0.2, 0.25) is 5.02 Å². The predicted octanol–water partition coefficient (Wildman–Crippen LogP) is 3.32. The molecule has 5 heteroatoms. The summed E-state index contributed by atoms with van der Waals surface area (Å²) in [6.45, 7) is 6.08. The molecule has 0 aliphatic rings. The molecule has 0 spiro atoms. The van der Waals surface area contributed by atoms with Crippen molar-refractivity contribution in [1.29, 1.82) is 0 Å². The van der Waals surface area contributed by atoms with Gasteiger partial charge in [0.15, 0.2) is 0 Å². The third-order valence-electron chi connectivity index (χ3n) is 2.35. The van der Waals surface area contributed by atoms with Gasteiger partial charge in [-0.2, -0.15) is 5.10 Å². The van der Waals surface area contributed by atoms with Crippen LogP contribution in [0.25, 0.3) is 0 Å². The molecule has 0 heterocycles. The molecular weight excluding hydrogens is 264 g/mol. The zero-order valence-electron chi connectivity index (χ0n) is 11.5. The third kappa shape index (κ3) is 6.25. The monoisotopic (exact) mass is 282 g/mol. The number of aryl methyl sites for hydroxylation is 1. The number of hydrazone groups is 1. The molecule has 0 aliphatic heterocycles. The number of hydrogen-bond donors (Lipinski definition) is 1. The maximum absolute atomic E-state index is 11.4. The second-order valence-electron chi connectivity index (χ2n) is 4.46. The summed E-state index contributed by atoms with van der Waals surface area (Å²) in [7, 11) is 0. The fourth-order valence-electron chi connectivity index (χ4n) is 1.42. The van der Waals surface area contributed by atoms with E-state index >= 15 is 0 Å². The third-order valence-corrected chi connectivity index (χ3v) is 2.58. The fraction of sp³-hybridized carbons (Fsp3) is 0.429. The highest BCUT2D eigenvalue weighted by atomic mass is 35.5. The summed E-state index contributed by atoms with van der Waals surface area (Å²) >= 11 is 5.86. The Labute approximate surface area is 118 Å². The largest absolute Gasteiger partial charge is 0.493 e. The van der Waals surface area contributed by atoms with Crippen molar-refractivity contribution in [1.82, 2.24) is 5.43 Å². The minimum atomic E-state index is -0.0994. The van der Waals surface area contributed by atoms with Crippen LogP contribution in [0.3, 0.4) is 0 Å². The van der Waals surface area contributed by atoms with E-state index in [0.717, 1.165) is 17.0 Å². The van der Waals surface area contributed by atoms with E-state index in [1.54, 1.807) is 6.07 Å². The number of benzene rings is 1. The lowest BCUT2D eigenvalue weighted by molar-refractivity contribution is -0.121. The lowest BCUT2D eigenvalue weighted by Gasteiger charge is -2.08. The van der Waals surface area contributed by atoms with E-state index in [9.17, 15) is 4.79 Å². The van der Waals surface area contributed by atoms with Crippen LogP contribution in [-0.2, 0) is 4.79 Å². The van der Waals surface area contributed by atoms with Crippen molar-refractivity contribution in [2.45, 2.75) is 33.6 Å². The Morgan fingerprint density at radius 1 is 1.42 bits per heavy atom. The molecule has 1 rings (SSSR count). The molecule has 19 heavy (non-hydrogen) atoms. The maximum Gasteiger partial charge on any atom is 0.240 e. The second kappa shape index (κ2) is 7.79. The van der Waals surface area contributed by atoms with Gasteiger partial charge in [-0.1, -0.05) is 11.6 Å². The van der Waals surface area contributed by atoms with Gasteiger partial charge in [-0.3, -0.25) is 4.79 Å². The van der Waals surface area contributed by atoms with Crippen molar-refractivity contribution in [3.8, 4) is 5.75 Å². The van der Waals surface area contributed by atoms with Gasteiger partial charge in [0.1, 0.15) is 5.75 Å².